The van der Waals surface area contributed by atoms with E-state index in [1.165, 1.54) is 56.1 Å². The Morgan fingerprint density at radius 1 is 1.29 bits per heavy atom. The molecule has 1 atom stereocenters. The van der Waals surface area contributed by atoms with Crippen molar-refractivity contribution in [2.45, 2.75) is 72.6 Å². The number of rotatable bonds is 5. The Hall–Kier alpha value is -0.520. The second kappa shape index (κ2) is 9.50. The fourth-order valence-corrected chi connectivity index (χ4v) is 2.72. The van der Waals surface area contributed by atoms with E-state index in [0.717, 1.165) is 11.8 Å². The molecule has 0 aromatic rings. The summed E-state index contributed by atoms with van der Waals surface area (Å²) < 4.78 is 0. The summed E-state index contributed by atoms with van der Waals surface area (Å²) in [4.78, 5) is 0. The summed E-state index contributed by atoms with van der Waals surface area (Å²) in [7, 11) is 0. The van der Waals surface area contributed by atoms with Crippen molar-refractivity contribution in [3.8, 4) is 0 Å². The monoisotopic (exact) mass is 236 g/mol. The van der Waals surface area contributed by atoms with Gasteiger partial charge in [0.1, 0.15) is 0 Å². The average Bonchev–Trinajstić information content (AvgIpc) is 2.34. The van der Waals surface area contributed by atoms with Gasteiger partial charge in [-0.05, 0) is 57.3 Å². The molecule has 1 aliphatic carbocycles. The maximum absolute atomic E-state index is 4.09. The minimum absolute atomic E-state index is 0.926. The van der Waals surface area contributed by atoms with Crippen LogP contribution in [0.25, 0.3) is 0 Å². The van der Waals surface area contributed by atoms with Crippen LogP contribution in [0.1, 0.15) is 72.6 Å². The van der Waals surface area contributed by atoms with Crippen molar-refractivity contribution in [1.29, 1.82) is 0 Å². The lowest BCUT2D eigenvalue weighted by Crippen LogP contribution is -2.18. The third-order valence-electron chi connectivity index (χ3n) is 3.87. The lowest BCUT2D eigenvalue weighted by molar-refractivity contribution is 0.252. The molecule has 1 rings (SSSR count). The van der Waals surface area contributed by atoms with Crippen LogP contribution >= 0.6 is 0 Å². The number of hydrogen-bond acceptors (Lipinski definition) is 0. The van der Waals surface area contributed by atoms with Gasteiger partial charge in [0.05, 0.1) is 0 Å². The summed E-state index contributed by atoms with van der Waals surface area (Å²) in [6, 6.07) is 0. The molecule has 0 saturated heterocycles. The van der Waals surface area contributed by atoms with Crippen LogP contribution in [-0.4, -0.2) is 0 Å². The van der Waals surface area contributed by atoms with E-state index in [2.05, 4.69) is 27.0 Å². The molecule has 0 N–H and O–H groups in total. The van der Waals surface area contributed by atoms with Crippen LogP contribution in [0.15, 0.2) is 24.3 Å². The molecule has 0 bridgehead atoms. The molecule has 0 amide bonds. The summed E-state index contributed by atoms with van der Waals surface area (Å²) in [5.74, 6) is 1.88. The third kappa shape index (κ3) is 6.71. The molecule has 1 fully saturated rings. The summed E-state index contributed by atoms with van der Waals surface area (Å²) in [5.41, 5.74) is 2.81. The van der Waals surface area contributed by atoms with E-state index < -0.39 is 0 Å². The first kappa shape index (κ1) is 16.5. The number of allylic oxidation sites excluding steroid dienone is 2. The highest BCUT2D eigenvalue weighted by molar-refractivity contribution is 4.99. The van der Waals surface area contributed by atoms with Gasteiger partial charge >= 0.3 is 0 Å². The Morgan fingerprint density at radius 3 is 2.24 bits per heavy atom. The van der Waals surface area contributed by atoms with Gasteiger partial charge in [-0.1, -0.05) is 44.9 Å². The highest BCUT2D eigenvalue weighted by Crippen LogP contribution is 2.36. The zero-order valence-corrected chi connectivity index (χ0v) is 12.5. The molecule has 0 aromatic carbocycles. The summed E-state index contributed by atoms with van der Waals surface area (Å²) in [6.07, 6.45) is 9.22. The number of hydrogen-bond donors (Lipinski definition) is 0. The van der Waals surface area contributed by atoms with Crippen molar-refractivity contribution in [1.82, 2.24) is 0 Å². The second-order valence-electron chi connectivity index (χ2n) is 5.25. The molecule has 17 heavy (non-hydrogen) atoms. The molecule has 0 radical (unpaired) electrons. The van der Waals surface area contributed by atoms with Gasteiger partial charge in [0.2, 0.25) is 0 Å². The van der Waals surface area contributed by atoms with E-state index in [-0.39, 0.29) is 0 Å². The quantitative estimate of drug-likeness (QED) is 0.503. The molecular formula is C17H32. The molecule has 1 aliphatic rings. The van der Waals surface area contributed by atoms with Gasteiger partial charge in [0.25, 0.3) is 0 Å². The van der Waals surface area contributed by atoms with Gasteiger partial charge in [-0.15, -0.1) is 6.58 Å². The van der Waals surface area contributed by atoms with Crippen LogP contribution in [0.5, 0.6) is 0 Å². The Morgan fingerprint density at radius 2 is 1.82 bits per heavy atom. The van der Waals surface area contributed by atoms with E-state index in [9.17, 15) is 0 Å². The Balaban J connectivity index is 0.00000121. The maximum atomic E-state index is 4.09. The molecule has 0 aliphatic heterocycles. The molecule has 1 saturated carbocycles. The van der Waals surface area contributed by atoms with Gasteiger partial charge in [0.15, 0.2) is 0 Å². The highest BCUT2D eigenvalue weighted by Gasteiger charge is 2.22. The molecule has 0 heteroatoms. The fraction of sp³-hybridized carbons (Fsp3) is 0.765. The van der Waals surface area contributed by atoms with Crippen LogP contribution < -0.4 is 0 Å². The van der Waals surface area contributed by atoms with E-state index in [1.54, 1.807) is 0 Å². The summed E-state index contributed by atoms with van der Waals surface area (Å²) in [6.45, 7) is 16.6. The first-order valence-electron chi connectivity index (χ1n) is 7.44. The van der Waals surface area contributed by atoms with Gasteiger partial charge < -0.3 is 0 Å². The molecule has 100 valence electrons. The smallest absolute Gasteiger partial charge is 0.0320 e. The van der Waals surface area contributed by atoms with Crippen molar-refractivity contribution in [2.24, 2.45) is 11.8 Å². The standard InChI is InChI=1S/C15H26.C2H6/c1-5-14(9-6-12(2)3)15-10-7-13(4)8-11-15;1-2/h14-15H,2,4-11H2,1,3H3;1-2H3. The lowest BCUT2D eigenvalue weighted by Gasteiger charge is -2.30. The SMILES string of the molecule is C=C(C)CCC(CC)C1CCC(=C)CC1.CC. The van der Waals surface area contributed by atoms with Crippen molar-refractivity contribution in [3.63, 3.8) is 0 Å². The topological polar surface area (TPSA) is 0 Å². The highest BCUT2D eigenvalue weighted by atomic mass is 14.3. The Kier molecular flexibility index (Phi) is 9.21. The molecule has 0 heterocycles. The van der Waals surface area contributed by atoms with Gasteiger partial charge in [0, 0.05) is 0 Å². The van der Waals surface area contributed by atoms with Crippen LogP contribution in [-0.2, 0) is 0 Å². The zero-order valence-electron chi connectivity index (χ0n) is 12.5. The van der Waals surface area contributed by atoms with Crippen molar-refractivity contribution >= 4 is 0 Å². The molecule has 0 spiro atoms. The first-order chi connectivity index (χ1) is 8.13. The van der Waals surface area contributed by atoms with Crippen LogP contribution in [0.2, 0.25) is 0 Å². The second-order valence-corrected chi connectivity index (χ2v) is 5.25. The van der Waals surface area contributed by atoms with Crippen molar-refractivity contribution in [3.05, 3.63) is 24.3 Å². The molecule has 1 unspecified atom stereocenters. The van der Waals surface area contributed by atoms with E-state index in [0.29, 0.717) is 0 Å². The Bertz CT molecular complexity index is 214. The van der Waals surface area contributed by atoms with Crippen LogP contribution in [0, 0.1) is 11.8 Å². The molecule has 0 aromatic heterocycles. The molecule has 0 nitrogen and oxygen atoms in total. The normalized spacial score (nSPS) is 18.2. The van der Waals surface area contributed by atoms with E-state index in [4.69, 9.17) is 0 Å². The summed E-state index contributed by atoms with van der Waals surface area (Å²) >= 11 is 0. The zero-order chi connectivity index (χ0) is 13.3. The van der Waals surface area contributed by atoms with Crippen molar-refractivity contribution in [2.75, 3.05) is 0 Å². The van der Waals surface area contributed by atoms with Crippen LogP contribution in [0.3, 0.4) is 0 Å². The lowest BCUT2D eigenvalue weighted by atomic mass is 9.75. The minimum atomic E-state index is 0.926. The largest absolute Gasteiger partial charge is 0.100 e. The van der Waals surface area contributed by atoms with Crippen LogP contribution in [0.4, 0.5) is 0 Å². The third-order valence-corrected chi connectivity index (χ3v) is 3.87. The first-order valence-corrected chi connectivity index (χ1v) is 7.44. The van der Waals surface area contributed by atoms with Crippen molar-refractivity contribution < 1.29 is 0 Å². The Labute approximate surface area is 109 Å². The predicted octanol–water partition coefficient (Wildman–Crippen LogP) is 6.14. The average molecular weight is 236 g/mol. The minimum Gasteiger partial charge on any atom is -0.100 e. The van der Waals surface area contributed by atoms with E-state index >= 15 is 0 Å². The van der Waals surface area contributed by atoms with E-state index in [1.807, 2.05) is 13.8 Å². The predicted molar refractivity (Wildman–Crippen MR) is 80.3 cm³/mol. The summed E-state index contributed by atoms with van der Waals surface area (Å²) in [5, 5.41) is 0. The van der Waals surface area contributed by atoms with Gasteiger partial charge in [-0.2, -0.15) is 0 Å². The van der Waals surface area contributed by atoms with Gasteiger partial charge in [-0.3, -0.25) is 0 Å². The fourth-order valence-electron chi connectivity index (χ4n) is 2.72. The van der Waals surface area contributed by atoms with Gasteiger partial charge in [-0.25, -0.2) is 0 Å². The molecular weight excluding hydrogens is 204 g/mol. The maximum Gasteiger partial charge on any atom is -0.0320 e.